The lowest BCUT2D eigenvalue weighted by Crippen LogP contribution is -2.66. The van der Waals surface area contributed by atoms with Crippen molar-refractivity contribution in [3.8, 4) is 0 Å². The van der Waals surface area contributed by atoms with Gasteiger partial charge >= 0.3 is 11.9 Å². The van der Waals surface area contributed by atoms with Crippen molar-refractivity contribution < 1.29 is 28.7 Å². The van der Waals surface area contributed by atoms with Gasteiger partial charge in [0.25, 0.3) is 0 Å². The summed E-state index contributed by atoms with van der Waals surface area (Å²) in [5, 5.41) is -0.338. The van der Waals surface area contributed by atoms with Gasteiger partial charge in [-0.2, -0.15) is 0 Å². The van der Waals surface area contributed by atoms with Crippen molar-refractivity contribution in [2.75, 3.05) is 0 Å². The fraction of sp³-hybridized carbons (Fsp3) is 0.733. The highest BCUT2D eigenvalue weighted by Gasteiger charge is 2.71. The summed E-state index contributed by atoms with van der Waals surface area (Å²) in [4.78, 5) is 53.7. The maximum atomic E-state index is 13.9. The van der Waals surface area contributed by atoms with Crippen molar-refractivity contribution in [2.45, 2.75) is 139 Å². The third kappa shape index (κ3) is 5.21. The largest absolute Gasteiger partial charge is 0.462 e. The van der Waals surface area contributed by atoms with E-state index in [-0.39, 0.29) is 87.4 Å². The maximum Gasteiger partial charge on any atom is 0.309 e. The van der Waals surface area contributed by atoms with Gasteiger partial charge in [0.05, 0.1) is 17.3 Å². The highest BCUT2D eigenvalue weighted by molar-refractivity contribution is 6.65. The molecule has 5 fully saturated rings. The zero-order valence-corrected chi connectivity index (χ0v) is 33.8. The third-order valence-corrected chi connectivity index (χ3v) is 17.4. The van der Waals surface area contributed by atoms with Gasteiger partial charge in [0.1, 0.15) is 12.7 Å². The van der Waals surface area contributed by atoms with Crippen molar-refractivity contribution in [1.29, 1.82) is 0 Å². The predicted molar refractivity (Wildman–Crippen MR) is 202 cm³/mol. The second-order valence-electron chi connectivity index (χ2n) is 20.1. The van der Waals surface area contributed by atoms with Gasteiger partial charge in [0.15, 0.2) is 5.78 Å². The molecule has 6 aliphatic carbocycles. The van der Waals surface area contributed by atoms with Crippen LogP contribution in [0.2, 0.25) is 0 Å². The van der Waals surface area contributed by atoms with Crippen LogP contribution in [0.3, 0.4) is 0 Å². The molecular formula is C45H61ClO6. The number of Topliss-reactive ketones (excluding diaryl/α,β-unsaturated/α-hetero) is 1. The number of fused-ring (bicyclic) bond motifs is 7. The third-order valence-electron chi connectivity index (χ3n) is 17.1. The lowest BCUT2D eigenvalue weighted by Gasteiger charge is -2.72. The Bertz CT molecular complexity index is 1690. The molecule has 6 nitrogen and oxygen atoms in total. The monoisotopic (exact) mass is 732 g/mol. The Hall–Kier alpha value is -2.47. The van der Waals surface area contributed by atoms with Crippen LogP contribution in [-0.4, -0.2) is 29.1 Å². The predicted octanol–water partition coefficient (Wildman–Crippen LogP) is 10.0. The molecule has 7 heteroatoms. The van der Waals surface area contributed by atoms with Gasteiger partial charge < -0.3 is 9.47 Å². The molecule has 10 atom stereocenters. The number of benzene rings is 1. The minimum Gasteiger partial charge on any atom is -0.462 e. The van der Waals surface area contributed by atoms with Crippen LogP contribution < -0.4 is 0 Å². The first-order valence-electron chi connectivity index (χ1n) is 20.1. The number of halogens is 1. The zero-order chi connectivity index (χ0) is 37.8. The minimum absolute atomic E-state index is 0.0398. The molecule has 7 rings (SSSR count). The molecule has 52 heavy (non-hydrogen) atoms. The molecule has 0 unspecified atom stereocenters. The van der Waals surface area contributed by atoms with Gasteiger partial charge in [-0.05, 0) is 131 Å². The fourth-order valence-corrected chi connectivity index (χ4v) is 14.1. The van der Waals surface area contributed by atoms with E-state index >= 15 is 0 Å². The summed E-state index contributed by atoms with van der Waals surface area (Å²) >= 11 is 6.45. The molecular weight excluding hydrogens is 672 g/mol. The summed E-state index contributed by atoms with van der Waals surface area (Å²) in [5.41, 5.74) is 1.47. The van der Waals surface area contributed by atoms with Gasteiger partial charge in [0.2, 0.25) is 5.24 Å². The Kier molecular flexibility index (Phi) is 9.12. The van der Waals surface area contributed by atoms with Crippen molar-refractivity contribution in [3.05, 3.63) is 47.0 Å². The molecule has 0 N–H and O–H groups in total. The number of carbonyl (C=O) groups is 4. The average Bonchev–Trinajstić information content (AvgIpc) is 3.39. The first-order valence-corrected chi connectivity index (χ1v) is 20.5. The summed E-state index contributed by atoms with van der Waals surface area (Å²) < 4.78 is 12.2. The summed E-state index contributed by atoms with van der Waals surface area (Å²) in [6, 6.07) is 9.69. The van der Waals surface area contributed by atoms with Crippen LogP contribution >= 0.6 is 11.6 Å². The molecule has 0 heterocycles. The van der Waals surface area contributed by atoms with Crippen LogP contribution in [-0.2, 0) is 35.3 Å². The lowest BCUT2D eigenvalue weighted by molar-refractivity contribution is -0.236. The Morgan fingerprint density at radius 2 is 1.46 bits per heavy atom. The first-order chi connectivity index (χ1) is 24.3. The van der Waals surface area contributed by atoms with Gasteiger partial charge in [-0.3, -0.25) is 19.2 Å². The van der Waals surface area contributed by atoms with Crippen molar-refractivity contribution in [3.63, 3.8) is 0 Å². The van der Waals surface area contributed by atoms with E-state index in [2.05, 4.69) is 48.5 Å². The molecule has 284 valence electrons. The molecule has 0 aromatic heterocycles. The molecule has 6 aliphatic rings. The number of hydrogen-bond donors (Lipinski definition) is 0. The van der Waals surface area contributed by atoms with Gasteiger partial charge in [-0.25, -0.2) is 0 Å². The first kappa shape index (κ1) is 37.8. The summed E-state index contributed by atoms with van der Waals surface area (Å²) in [7, 11) is 0. The summed E-state index contributed by atoms with van der Waals surface area (Å²) in [5.74, 6) is 0.197. The molecule has 0 radical (unpaired) electrons. The minimum atomic E-state index is -0.825. The average molecular weight is 733 g/mol. The molecule has 0 amide bonds. The molecule has 1 aromatic carbocycles. The smallest absolute Gasteiger partial charge is 0.309 e. The van der Waals surface area contributed by atoms with Crippen LogP contribution in [0.1, 0.15) is 132 Å². The topological polar surface area (TPSA) is 86.7 Å². The fourth-order valence-electron chi connectivity index (χ4n) is 13.8. The van der Waals surface area contributed by atoms with Crippen LogP contribution in [0, 0.1) is 68.0 Å². The molecule has 0 aliphatic heterocycles. The van der Waals surface area contributed by atoms with Gasteiger partial charge in [0, 0.05) is 11.8 Å². The standard InChI is InChI=1S/C45H61ClO6/c1-26(2)35-31(47)24-45(39(46)50)22-21-43(8)28(36(35)45)15-16-33-42(7)19-18-34(41(5,6)32(42)17-20-44(33,43)9)52-38(49)30-23-29(40(30,3)4)37(48)51-25-27-13-11-10-12-14-27/h10-14,26,28-30,32-34H,15-25H2,1-9H3/t28-,29+,30-,32+,33-,34+,42+,43-,44-,45-/m1/s1. The lowest BCUT2D eigenvalue weighted by atomic mass is 9.33. The number of ether oxygens (including phenoxy) is 2. The number of ketones is 1. The number of hydrogen-bond acceptors (Lipinski definition) is 6. The number of carbonyl (C=O) groups excluding carboxylic acids is 4. The van der Waals surface area contributed by atoms with Crippen LogP contribution in [0.5, 0.6) is 0 Å². The highest BCUT2D eigenvalue weighted by atomic mass is 35.5. The van der Waals surface area contributed by atoms with E-state index < -0.39 is 10.8 Å². The molecule has 0 saturated heterocycles. The molecule has 0 spiro atoms. The Morgan fingerprint density at radius 1 is 0.788 bits per heavy atom. The molecule has 0 bridgehead atoms. The number of rotatable bonds is 7. The van der Waals surface area contributed by atoms with E-state index in [4.69, 9.17) is 21.1 Å². The zero-order valence-electron chi connectivity index (χ0n) is 33.0. The Balaban J connectivity index is 1.07. The summed E-state index contributed by atoms with van der Waals surface area (Å²) in [6.45, 7) is 20.6. The van der Waals surface area contributed by atoms with E-state index in [9.17, 15) is 19.2 Å². The van der Waals surface area contributed by atoms with Crippen LogP contribution in [0.25, 0.3) is 0 Å². The normalized spacial score (nSPS) is 41.6. The van der Waals surface area contributed by atoms with E-state index in [0.29, 0.717) is 24.7 Å². The Labute approximate surface area is 316 Å². The van der Waals surface area contributed by atoms with Crippen molar-refractivity contribution >= 4 is 34.6 Å². The second-order valence-corrected chi connectivity index (χ2v) is 20.4. The molecule has 1 aromatic rings. The molecule has 5 saturated carbocycles. The highest BCUT2D eigenvalue weighted by Crippen LogP contribution is 2.77. The SMILES string of the molecule is CC(C)C1=C2[C@H]3CC[C@@H]4[C@@]5(C)CC[C@H](OC(=O)[C@H]6C[C@@H](C(=O)OCc7ccccc7)C6(C)C)C(C)(C)[C@@H]5CC[C@@]4(C)[C@]3(C)CC[C@@]2(C(=O)Cl)CC1=O. The van der Waals surface area contributed by atoms with Crippen LogP contribution in [0.15, 0.2) is 41.5 Å². The quantitative estimate of drug-likeness (QED) is 0.205. The number of esters is 2. The van der Waals surface area contributed by atoms with E-state index in [1.807, 2.05) is 44.2 Å². The van der Waals surface area contributed by atoms with Crippen LogP contribution in [0.4, 0.5) is 0 Å². The second kappa shape index (κ2) is 12.5. The van der Waals surface area contributed by atoms with Gasteiger partial charge in [-0.15, -0.1) is 0 Å². The van der Waals surface area contributed by atoms with Gasteiger partial charge in [-0.1, -0.05) is 92.6 Å². The Morgan fingerprint density at radius 3 is 2.10 bits per heavy atom. The van der Waals surface area contributed by atoms with E-state index in [0.717, 1.165) is 61.7 Å². The maximum absolute atomic E-state index is 13.9. The van der Waals surface area contributed by atoms with E-state index in [1.165, 1.54) is 0 Å². The van der Waals surface area contributed by atoms with Crippen molar-refractivity contribution in [2.24, 2.45) is 68.0 Å². The van der Waals surface area contributed by atoms with Crippen molar-refractivity contribution in [1.82, 2.24) is 0 Å². The summed E-state index contributed by atoms with van der Waals surface area (Å²) in [6.07, 6.45) is 8.13. The van der Waals surface area contributed by atoms with E-state index in [1.54, 1.807) is 0 Å². The number of allylic oxidation sites excluding steroid dienone is 2.